The zero-order chi connectivity index (χ0) is 38.2. The van der Waals surface area contributed by atoms with Crippen LogP contribution in [-0.4, -0.2) is 36.6 Å². The Bertz CT molecular complexity index is 1680. The van der Waals surface area contributed by atoms with Crippen LogP contribution in [0, 0.1) is 11.6 Å². The van der Waals surface area contributed by atoms with Crippen molar-refractivity contribution in [3.63, 3.8) is 0 Å². The van der Waals surface area contributed by atoms with Crippen LogP contribution >= 0.6 is 11.8 Å². The van der Waals surface area contributed by atoms with Crippen LogP contribution < -0.4 is 9.47 Å². The van der Waals surface area contributed by atoms with Gasteiger partial charge in [0.15, 0.2) is 0 Å². The van der Waals surface area contributed by atoms with Gasteiger partial charge in [-0.15, -0.1) is 11.8 Å². The molecule has 19 heteroatoms. The van der Waals surface area contributed by atoms with E-state index in [1.807, 2.05) is 0 Å². The molecule has 0 aliphatic carbocycles. The molecule has 0 N–H and O–H groups in total. The highest BCUT2D eigenvalue weighted by Gasteiger charge is 2.82. The molecule has 0 heterocycles. The van der Waals surface area contributed by atoms with Crippen molar-refractivity contribution in [2.45, 2.75) is 34.2 Å². The quantitative estimate of drug-likeness (QED) is 0.102. The van der Waals surface area contributed by atoms with E-state index in [1.54, 1.807) is 0 Å². The summed E-state index contributed by atoms with van der Waals surface area (Å²) in [7, 11) is 0. The van der Waals surface area contributed by atoms with Crippen LogP contribution in [0.3, 0.4) is 0 Å². The van der Waals surface area contributed by atoms with Crippen LogP contribution in [-0.2, 0) is 9.49 Å². The molecule has 0 aromatic heterocycles. The van der Waals surface area contributed by atoms with E-state index in [9.17, 15) is 71.1 Å². The molecule has 0 amide bonds. The fraction of sp³-hybridized carbons (Fsp3) is 0.188. The zero-order valence-corrected chi connectivity index (χ0v) is 25.4. The maximum absolute atomic E-state index is 14.7. The lowest BCUT2D eigenvalue weighted by molar-refractivity contribution is -0.282. The van der Waals surface area contributed by atoms with Crippen molar-refractivity contribution in [1.82, 2.24) is 0 Å². The average molecular weight is 763 g/mol. The Hall–Kier alpha value is -4.81. The van der Waals surface area contributed by atoms with Gasteiger partial charge in [-0.05, 0) is 83.9 Å². The highest BCUT2D eigenvalue weighted by atomic mass is 32.2. The molecule has 4 aromatic rings. The summed E-state index contributed by atoms with van der Waals surface area (Å²) >= 11 is -2.53. The first-order chi connectivity index (χ1) is 23.4. The number of esters is 2. The molecule has 4 nitrogen and oxygen atoms in total. The molecule has 0 bridgehead atoms. The molecule has 4 rings (SSSR count). The fourth-order valence-electron chi connectivity index (χ4n) is 4.57. The predicted octanol–water partition coefficient (Wildman–Crippen LogP) is 10.5. The largest absolute Gasteiger partial charge is 0.423 e. The fourth-order valence-corrected chi connectivity index (χ4v) is 6.00. The van der Waals surface area contributed by atoms with Gasteiger partial charge >= 0.3 is 36.6 Å². The number of carbonyl (C=O) groups is 2. The van der Waals surface area contributed by atoms with Crippen molar-refractivity contribution < 1.29 is 80.5 Å². The van der Waals surface area contributed by atoms with Crippen LogP contribution in [0.2, 0.25) is 0 Å². The Labute approximate surface area is 281 Å². The van der Waals surface area contributed by atoms with E-state index < -0.39 is 92.2 Å². The summed E-state index contributed by atoms with van der Waals surface area (Å²) in [6.07, 6.45) is -27.6. The summed E-state index contributed by atoms with van der Waals surface area (Å²) in [4.78, 5) is 24.5. The van der Waals surface area contributed by atoms with Crippen LogP contribution in [0.5, 0.6) is 11.5 Å². The number of alkyl halides is 12. The molecule has 51 heavy (non-hydrogen) atoms. The summed E-state index contributed by atoms with van der Waals surface area (Å²) in [6.45, 7) is 0. The number of carbonyl (C=O) groups excluding carboxylic acids is 2. The molecule has 0 spiro atoms. The molecule has 0 radical (unpaired) electrons. The van der Waals surface area contributed by atoms with Crippen molar-refractivity contribution in [1.29, 1.82) is 0 Å². The van der Waals surface area contributed by atoms with Crippen molar-refractivity contribution in [3.05, 3.63) is 131 Å². The maximum Gasteiger partial charge on any atom is 0.416 e. The Morgan fingerprint density at radius 3 is 0.902 bits per heavy atom. The highest BCUT2D eigenvalue weighted by molar-refractivity contribution is 8.01. The Morgan fingerprint density at radius 1 is 0.412 bits per heavy atom. The van der Waals surface area contributed by atoms with E-state index in [-0.39, 0.29) is 59.7 Å². The van der Waals surface area contributed by atoms with Gasteiger partial charge in [0.2, 0.25) is 9.49 Å². The topological polar surface area (TPSA) is 52.6 Å². The van der Waals surface area contributed by atoms with Crippen molar-refractivity contribution >= 4 is 23.7 Å². The van der Waals surface area contributed by atoms with Gasteiger partial charge in [-0.2, -0.15) is 52.7 Å². The molecular formula is C32H16F14O4S. The molecule has 0 aliphatic heterocycles. The minimum atomic E-state index is -6.91. The smallest absolute Gasteiger partial charge is 0.416 e. The van der Waals surface area contributed by atoms with Gasteiger partial charge in [0.05, 0.1) is 11.1 Å². The number of halogens is 14. The second-order valence-corrected chi connectivity index (χ2v) is 11.7. The average Bonchev–Trinajstić information content (AvgIpc) is 3.01. The maximum atomic E-state index is 14.7. The third-order valence-electron chi connectivity index (χ3n) is 7.01. The van der Waals surface area contributed by atoms with Gasteiger partial charge in [-0.25, -0.2) is 18.4 Å². The summed E-state index contributed by atoms with van der Waals surface area (Å²) < 4.78 is 200. The third kappa shape index (κ3) is 7.62. The normalized spacial score (nSPS) is 13.1. The van der Waals surface area contributed by atoms with Crippen molar-refractivity contribution in [2.75, 3.05) is 0 Å². The van der Waals surface area contributed by atoms with Crippen LogP contribution in [0.25, 0.3) is 0 Å². The molecule has 0 saturated carbocycles. The van der Waals surface area contributed by atoms with Gasteiger partial charge < -0.3 is 9.47 Å². The van der Waals surface area contributed by atoms with E-state index in [2.05, 4.69) is 0 Å². The first-order valence-electron chi connectivity index (χ1n) is 13.6. The second kappa shape index (κ2) is 13.7. The van der Waals surface area contributed by atoms with Gasteiger partial charge in [-0.3, -0.25) is 0 Å². The third-order valence-corrected chi connectivity index (χ3v) is 9.02. The number of hydrogen-bond acceptors (Lipinski definition) is 5. The van der Waals surface area contributed by atoms with Gasteiger partial charge in [-0.1, -0.05) is 24.3 Å². The standard InChI is InChI=1S/C32H16F14O4S/c33-21-9-1-17(2-10-21)25(47)49-23-13-5-19(6-14-23)27(29(35,36)37,30(38,39)40)51-28(31(41,42)43,32(44,45)46)20-7-15-24(16-8-20)50-26(48)18-3-11-22(34)12-4-18/h1-16H. The molecular weight excluding hydrogens is 746 g/mol. The molecule has 0 unspecified atom stereocenters. The predicted molar refractivity (Wildman–Crippen MR) is 151 cm³/mol. The second-order valence-electron chi connectivity index (χ2n) is 10.3. The Kier molecular flexibility index (Phi) is 10.5. The Balaban J connectivity index is 1.83. The summed E-state index contributed by atoms with van der Waals surface area (Å²) in [5.74, 6) is -5.73. The SMILES string of the molecule is O=C(Oc1ccc(C(SC(c2ccc(OC(=O)c3ccc(F)cc3)cc2)(C(F)(F)F)C(F)(F)F)(C(F)(F)F)C(F)(F)F)cc1)c1ccc(F)cc1. The van der Waals surface area contributed by atoms with E-state index in [1.165, 1.54) is 0 Å². The summed E-state index contributed by atoms with van der Waals surface area (Å²) in [5.41, 5.74) is -4.99. The Morgan fingerprint density at radius 2 is 0.667 bits per heavy atom. The van der Waals surface area contributed by atoms with E-state index in [4.69, 9.17) is 9.47 Å². The van der Waals surface area contributed by atoms with Crippen molar-refractivity contribution in [2.24, 2.45) is 0 Å². The molecule has 0 aliphatic rings. The van der Waals surface area contributed by atoms with Gasteiger partial charge in [0.25, 0.3) is 0 Å². The summed E-state index contributed by atoms with van der Waals surface area (Å²) in [6, 6.07) is 7.46. The lowest BCUT2D eigenvalue weighted by Crippen LogP contribution is -2.60. The minimum Gasteiger partial charge on any atom is -0.423 e. The lowest BCUT2D eigenvalue weighted by Gasteiger charge is -2.46. The molecule has 0 saturated heterocycles. The van der Waals surface area contributed by atoms with Gasteiger partial charge in [0.1, 0.15) is 23.1 Å². The van der Waals surface area contributed by atoms with Crippen molar-refractivity contribution in [3.8, 4) is 11.5 Å². The van der Waals surface area contributed by atoms with E-state index in [0.717, 1.165) is 48.5 Å². The number of rotatable bonds is 8. The minimum absolute atomic E-state index is 0.114. The lowest BCUT2D eigenvalue weighted by atomic mass is 9.95. The molecule has 0 atom stereocenters. The van der Waals surface area contributed by atoms with Crippen LogP contribution in [0.4, 0.5) is 61.5 Å². The number of hydrogen-bond donors (Lipinski definition) is 0. The monoisotopic (exact) mass is 762 g/mol. The van der Waals surface area contributed by atoms with Crippen LogP contribution in [0.15, 0.2) is 97.1 Å². The molecule has 272 valence electrons. The first-order valence-corrected chi connectivity index (χ1v) is 14.4. The van der Waals surface area contributed by atoms with E-state index >= 15 is 0 Å². The highest BCUT2D eigenvalue weighted by Crippen LogP contribution is 2.70. The number of thioether (sulfide) groups is 1. The summed E-state index contributed by atoms with van der Waals surface area (Å²) in [5, 5.41) is 0. The number of benzene rings is 4. The molecule has 4 aromatic carbocycles. The first kappa shape index (κ1) is 39.0. The zero-order valence-electron chi connectivity index (χ0n) is 24.6. The van der Waals surface area contributed by atoms with Crippen LogP contribution in [0.1, 0.15) is 31.8 Å². The van der Waals surface area contributed by atoms with Gasteiger partial charge in [0, 0.05) is 0 Å². The number of ether oxygens (including phenoxy) is 2. The van der Waals surface area contributed by atoms with E-state index in [0.29, 0.717) is 0 Å². The molecule has 0 fully saturated rings.